The van der Waals surface area contributed by atoms with Crippen molar-refractivity contribution in [3.8, 4) is 0 Å². The van der Waals surface area contributed by atoms with Crippen molar-refractivity contribution >= 4 is 23.2 Å². The summed E-state index contributed by atoms with van der Waals surface area (Å²) in [4.78, 5) is 0. The average molecular weight is 285 g/mol. The predicted molar refractivity (Wildman–Crippen MR) is 71.5 cm³/mol. The first-order valence-electron chi connectivity index (χ1n) is 5.44. The smallest absolute Gasteiger partial charge is 0.142 e. The molecule has 4 heteroatoms. The highest BCUT2D eigenvalue weighted by atomic mass is 35.5. The van der Waals surface area contributed by atoms with Crippen molar-refractivity contribution in [2.24, 2.45) is 0 Å². The third-order valence-corrected chi connectivity index (χ3v) is 3.34. The molecule has 0 aliphatic rings. The van der Waals surface area contributed by atoms with E-state index < -0.39 is 11.9 Å². The van der Waals surface area contributed by atoms with Gasteiger partial charge < -0.3 is 5.11 Å². The summed E-state index contributed by atoms with van der Waals surface area (Å²) in [6.45, 7) is 0. The molecule has 2 aromatic rings. The molecule has 0 aliphatic carbocycles. The van der Waals surface area contributed by atoms with Crippen LogP contribution in [0.25, 0.3) is 0 Å². The normalized spacial score (nSPS) is 12.4. The van der Waals surface area contributed by atoms with Crippen LogP contribution < -0.4 is 0 Å². The van der Waals surface area contributed by atoms with E-state index in [9.17, 15) is 9.50 Å². The van der Waals surface area contributed by atoms with E-state index in [-0.39, 0.29) is 11.4 Å². The van der Waals surface area contributed by atoms with Crippen LogP contribution in [0.3, 0.4) is 0 Å². The zero-order valence-corrected chi connectivity index (χ0v) is 10.9. The zero-order valence-electron chi connectivity index (χ0n) is 9.41. The van der Waals surface area contributed by atoms with E-state index >= 15 is 0 Å². The maximum atomic E-state index is 13.3. The van der Waals surface area contributed by atoms with Crippen molar-refractivity contribution in [1.29, 1.82) is 0 Å². The SMILES string of the molecule is OC(Cc1cccc(F)c1Cl)c1cccc(Cl)c1. The van der Waals surface area contributed by atoms with Gasteiger partial charge in [-0.1, -0.05) is 47.5 Å². The molecule has 0 radical (unpaired) electrons. The molecule has 0 heterocycles. The topological polar surface area (TPSA) is 20.2 Å². The first-order chi connectivity index (χ1) is 8.58. The molecule has 1 N–H and O–H groups in total. The number of aliphatic hydroxyl groups is 1. The number of halogens is 3. The van der Waals surface area contributed by atoms with Crippen LogP contribution in [-0.2, 0) is 6.42 Å². The second-order valence-corrected chi connectivity index (χ2v) is 4.80. The zero-order chi connectivity index (χ0) is 13.1. The van der Waals surface area contributed by atoms with Gasteiger partial charge in [-0.15, -0.1) is 0 Å². The summed E-state index contributed by atoms with van der Waals surface area (Å²) >= 11 is 11.7. The fraction of sp³-hybridized carbons (Fsp3) is 0.143. The van der Waals surface area contributed by atoms with Crippen LogP contribution in [0.2, 0.25) is 10.0 Å². The van der Waals surface area contributed by atoms with Gasteiger partial charge in [0.2, 0.25) is 0 Å². The largest absolute Gasteiger partial charge is 0.388 e. The number of aliphatic hydroxyl groups excluding tert-OH is 1. The third kappa shape index (κ3) is 3.02. The lowest BCUT2D eigenvalue weighted by Crippen LogP contribution is -2.02. The highest BCUT2D eigenvalue weighted by Gasteiger charge is 2.13. The van der Waals surface area contributed by atoms with Crippen LogP contribution in [0.15, 0.2) is 42.5 Å². The number of hydrogen-bond donors (Lipinski definition) is 1. The monoisotopic (exact) mass is 284 g/mol. The summed E-state index contributed by atoms with van der Waals surface area (Å²) < 4.78 is 13.3. The molecule has 1 unspecified atom stereocenters. The number of hydrogen-bond acceptors (Lipinski definition) is 1. The van der Waals surface area contributed by atoms with Crippen LogP contribution in [-0.4, -0.2) is 5.11 Å². The van der Waals surface area contributed by atoms with E-state index in [1.54, 1.807) is 36.4 Å². The van der Waals surface area contributed by atoms with Crippen molar-refractivity contribution in [2.75, 3.05) is 0 Å². The van der Waals surface area contributed by atoms with E-state index in [1.807, 2.05) is 0 Å². The van der Waals surface area contributed by atoms with Crippen molar-refractivity contribution in [2.45, 2.75) is 12.5 Å². The predicted octanol–water partition coefficient (Wildman–Crippen LogP) is 4.41. The molecule has 0 bridgehead atoms. The average Bonchev–Trinajstić information content (AvgIpc) is 2.35. The minimum atomic E-state index is -0.761. The van der Waals surface area contributed by atoms with Crippen LogP contribution >= 0.6 is 23.2 Å². The van der Waals surface area contributed by atoms with E-state index in [0.29, 0.717) is 16.1 Å². The molecule has 0 saturated heterocycles. The Kier molecular flexibility index (Phi) is 4.23. The van der Waals surface area contributed by atoms with Crippen LogP contribution in [0, 0.1) is 5.82 Å². The lowest BCUT2D eigenvalue weighted by atomic mass is 10.0. The van der Waals surface area contributed by atoms with E-state index in [2.05, 4.69) is 0 Å². The minimum Gasteiger partial charge on any atom is -0.388 e. The van der Waals surface area contributed by atoms with Gasteiger partial charge in [-0.25, -0.2) is 4.39 Å². The maximum absolute atomic E-state index is 13.3. The van der Waals surface area contributed by atoms with Gasteiger partial charge in [-0.05, 0) is 29.3 Å². The lowest BCUT2D eigenvalue weighted by molar-refractivity contribution is 0.178. The first kappa shape index (κ1) is 13.3. The summed E-state index contributed by atoms with van der Waals surface area (Å²) in [6, 6.07) is 11.5. The van der Waals surface area contributed by atoms with Gasteiger partial charge in [0, 0.05) is 11.4 Å². The summed E-state index contributed by atoms with van der Waals surface area (Å²) in [5, 5.41) is 10.7. The fourth-order valence-electron chi connectivity index (χ4n) is 1.75. The summed E-state index contributed by atoms with van der Waals surface area (Å²) in [5.41, 5.74) is 1.26. The van der Waals surface area contributed by atoms with Crippen LogP contribution in [0.1, 0.15) is 17.2 Å². The molecule has 0 amide bonds. The Balaban J connectivity index is 2.21. The molecule has 18 heavy (non-hydrogen) atoms. The maximum Gasteiger partial charge on any atom is 0.142 e. The minimum absolute atomic E-state index is 0.0542. The molecule has 0 saturated carbocycles. The van der Waals surface area contributed by atoms with Crippen LogP contribution in [0.4, 0.5) is 4.39 Å². The Morgan fingerprint density at radius 3 is 2.56 bits per heavy atom. The molecule has 94 valence electrons. The molecule has 0 spiro atoms. The first-order valence-corrected chi connectivity index (χ1v) is 6.20. The Morgan fingerprint density at radius 2 is 1.83 bits per heavy atom. The van der Waals surface area contributed by atoms with Gasteiger partial charge in [-0.2, -0.15) is 0 Å². The summed E-state index contributed by atoms with van der Waals surface area (Å²) in [6.07, 6.45) is -0.514. The van der Waals surface area contributed by atoms with E-state index in [1.165, 1.54) is 6.07 Å². The Morgan fingerprint density at radius 1 is 1.11 bits per heavy atom. The molecular weight excluding hydrogens is 274 g/mol. The number of benzene rings is 2. The van der Waals surface area contributed by atoms with Crippen molar-refractivity contribution in [3.63, 3.8) is 0 Å². The Bertz CT molecular complexity index is 557. The van der Waals surface area contributed by atoms with Gasteiger partial charge in [0.05, 0.1) is 11.1 Å². The van der Waals surface area contributed by atoms with Gasteiger partial charge >= 0.3 is 0 Å². The summed E-state index contributed by atoms with van der Waals surface area (Å²) in [7, 11) is 0. The third-order valence-electron chi connectivity index (χ3n) is 2.68. The molecule has 2 aromatic carbocycles. The summed E-state index contributed by atoms with van der Waals surface area (Å²) in [5.74, 6) is -0.479. The highest BCUT2D eigenvalue weighted by molar-refractivity contribution is 6.31. The van der Waals surface area contributed by atoms with Crippen molar-refractivity contribution in [1.82, 2.24) is 0 Å². The van der Waals surface area contributed by atoms with Crippen LogP contribution in [0.5, 0.6) is 0 Å². The molecule has 1 atom stereocenters. The van der Waals surface area contributed by atoms with Gasteiger partial charge in [-0.3, -0.25) is 0 Å². The second kappa shape index (κ2) is 5.70. The lowest BCUT2D eigenvalue weighted by Gasteiger charge is -2.12. The second-order valence-electron chi connectivity index (χ2n) is 3.99. The van der Waals surface area contributed by atoms with E-state index in [4.69, 9.17) is 23.2 Å². The molecule has 0 fully saturated rings. The van der Waals surface area contributed by atoms with Gasteiger partial charge in [0.15, 0.2) is 0 Å². The number of rotatable bonds is 3. The van der Waals surface area contributed by atoms with E-state index in [0.717, 1.165) is 0 Å². The Labute approximate surface area is 115 Å². The molecule has 1 nitrogen and oxygen atoms in total. The fourth-order valence-corrected chi connectivity index (χ4v) is 2.15. The highest BCUT2D eigenvalue weighted by Crippen LogP contribution is 2.26. The van der Waals surface area contributed by atoms with Gasteiger partial charge in [0.25, 0.3) is 0 Å². The standard InChI is InChI=1S/C14H11Cl2FO/c15-11-5-1-3-9(7-11)13(18)8-10-4-2-6-12(17)14(10)16/h1-7,13,18H,8H2. The molecule has 0 aromatic heterocycles. The molecule has 0 aliphatic heterocycles. The molecular formula is C14H11Cl2FO. The Hall–Kier alpha value is -1.09. The van der Waals surface area contributed by atoms with Gasteiger partial charge in [0.1, 0.15) is 5.82 Å². The molecule has 2 rings (SSSR count). The van der Waals surface area contributed by atoms with Crippen molar-refractivity contribution in [3.05, 3.63) is 69.5 Å². The van der Waals surface area contributed by atoms with Crippen molar-refractivity contribution < 1.29 is 9.50 Å². The quantitative estimate of drug-likeness (QED) is 0.885.